The Balaban J connectivity index is 1.54. The van der Waals surface area contributed by atoms with Crippen LogP contribution in [0.1, 0.15) is 32.6 Å². The van der Waals surface area contributed by atoms with Crippen molar-refractivity contribution in [2.45, 2.75) is 45.2 Å². The fourth-order valence-electron chi connectivity index (χ4n) is 3.51. The van der Waals surface area contributed by atoms with Gasteiger partial charge in [-0.1, -0.05) is 19.8 Å². The second kappa shape index (κ2) is 6.78. The molecule has 0 aromatic carbocycles. The van der Waals surface area contributed by atoms with Gasteiger partial charge in [0.15, 0.2) is 5.76 Å². The normalized spacial score (nSPS) is 20.3. The van der Waals surface area contributed by atoms with Gasteiger partial charge in [0, 0.05) is 12.1 Å². The van der Waals surface area contributed by atoms with Crippen molar-refractivity contribution in [3.05, 3.63) is 41.1 Å². The lowest BCUT2D eigenvalue weighted by molar-refractivity contribution is -0.123. The van der Waals surface area contributed by atoms with Crippen LogP contribution in [0.15, 0.2) is 40.0 Å². The number of carbonyl (C=O) groups is 1. The van der Waals surface area contributed by atoms with Crippen molar-refractivity contribution in [1.82, 2.24) is 24.7 Å². The number of nitrogens with one attached hydrogen (secondary N) is 1. The molecule has 3 aromatic heterocycles. The molecule has 1 amide bonds. The third kappa shape index (κ3) is 3.14. The molecule has 1 aliphatic carbocycles. The van der Waals surface area contributed by atoms with Crippen molar-refractivity contribution in [1.29, 1.82) is 0 Å². The van der Waals surface area contributed by atoms with Crippen LogP contribution in [0.25, 0.3) is 17.0 Å². The molecule has 3 heterocycles. The van der Waals surface area contributed by atoms with Crippen molar-refractivity contribution >= 4 is 11.4 Å². The van der Waals surface area contributed by atoms with E-state index >= 15 is 0 Å². The van der Waals surface area contributed by atoms with Gasteiger partial charge >= 0.3 is 0 Å². The molecule has 0 aliphatic heterocycles. The van der Waals surface area contributed by atoms with Crippen molar-refractivity contribution in [3.63, 3.8) is 0 Å². The van der Waals surface area contributed by atoms with Gasteiger partial charge in [-0.3, -0.25) is 9.59 Å². The minimum Gasteiger partial charge on any atom is -0.463 e. The molecule has 4 rings (SSSR count). The topological polar surface area (TPSA) is 94.4 Å². The third-order valence-electron chi connectivity index (χ3n) is 5.01. The van der Waals surface area contributed by atoms with E-state index in [0.29, 0.717) is 22.9 Å². The molecular formula is C18H21N5O3. The predicted octanol–water partition coefficient (Wildman–Crippen LogP) is 1.85. The maximum absolute atomic E-state index is 12.6. The summed E-state index contributed by atoms with van der Waals surface area (Å²) in [6.07, 6.45) is 7.44. The highest BCUT2D eigenvalue weighted by Crippen LogP contribution is 2.23. The van der Waals surface area contributed by atoms with Crippen molar-refractivity contribution in [2.24, 2.45) is 5.92 Å². The first-order chi connectivity index (χ1) is 12.6. The van der Waals surface area contributed by atoms with E-state index in [2.05, 4.69) is 22.4 Å². The Morgan fingerprint density at radius 3 is 3.00 bits per heavy atom. The van der Waals surface area contributed by atoms with Crippen molar-refractivity contribution < 1.29 is 9.21 Å². The smallest absolute Gasteiger partial charge is 0.293 e. The van der Waals surface area contributed by atoms with E-state index in [-0.39, 0.29) is 24.1 Å². The SMILES string of the molecule is C[C@@H]1CCCC[C@H]1NC(=O)Cn1ncn2nc(-c3ccco3)cc2c1=O. The summed E-state index contributed by atoms with van der Waals surface area (Å²) < 4.78 is 7.88. The summed E-state index contributed by atoms with van der Waals surface area (Å²) in [6.45, 7) is 2.06. The quantitative estimate of drug-likeness (QED) is 0.771. The fraction of sp³-hybridized carbons (Fsp3) is 0.444. The van der Waals surface area contributed by atoms with Gasteiger partial charge in [0.05, 0.1) is 6.26 Å². The number of fused-ring (bicyclic) bond motifs is 1. The van der Waals surface area contributed by atoms with Crippen LogP contribution in [0.4, 0.5) is 0 Å². The molecule has 26 heavy (non-hydrogen) atoms. The van der Waals surface area contributed by atoms with Gasteiger partial charge in [0.25, 0.3) is 5.56 Å². The van der Waals surface area contributed by atoms with Crippen LogP contribution in [0.3, 0.4) is 0 Å². The van der Waals surface area contributed by atoms with Crippen LogP contribution in [0.2, 0.25) is 0 Å². The van der Waals surface area contributed by atoms with Crippen molar-refractivity contribution in [2.75, 3.05) is 0 Å². The van der Waals surface area contributed by atoms with E-state index in [1.165, 1.54) is 21.9 Å². The largest absolute Gasteiger partial charge is 0.463 e. The highest BCUT2D eigenvalue weighted by atomic mass is 16.3. The first kappa shape index (κ1) is 16.6. The number of amides is 1. The molecule has 0 saturated heterocycles. The van der Waals surface area contributed by atoms with Gasteiger partial charge in [-0.15, -0.1) is 0 Å². The number of hydrogen-bond acceptors (Lipinski definition) is 5. The summed E-state index contributed by atoms with van der Waals surface area (Å²) in [5, 5.41) is 11.4. The number of hydrogen-bond donors (Lipinski definition) is 1. The molecule has 3 aromatic rings. The zero-order valence-electron chi connectivity index (χ0n) is 14.6. The van der Waals surface area contributed by atoms with E-state index in [4.69, 9.17) is 4.42 Å². The number of nitrogens with zero attached hydrogens (tertiary/aromatic N) is 4. The highest BCUT2D eigenvalue weighted by Gasteiger charge is 2.23. The van der Waals surface area contributed by atoms with E-state index in [1.807, 2.05) is 0 Å². The van der Waals surface area contributed by atoms with Crippen LogP contribution in [-0.4, -0.2) is 31.3 Å². The Labute approximate surface area is 149 Å². The Bertz CT molecular complexity index is 973. The predicted molar refractivity (Wildman–Crippen MR) is 94.5 cm³/mol. The molecule has 1 aliphatic rings. The fourth-order valence-corrected chi connectivity index (χ4v) is 3.51. The number of aromatic nitrogens is 4. The van der Waals surface area contributed by atoms with Crippen molar-refractivity contribution in [3.8, 4) is 11.5 Å². The number of rotatable bonds is 4. The first-order valence-electron chi connectivity index (χ1n) is 8.90. The van der Waals surface area contributed by atoms with Crippen LogP contribution < -0.4 is 10.9 Å². The molecule has 8 nitrogen and oxygen atoms in total. The molecule has 0 spiro atoms. The van der Waals surface area contributed by atoms with Gasteiger partial charge in [-0.05, 0) is 30.9 Å². The standard InChI is InChI=1S/C18H21N5O3/c1-12-5-2-3-6-13(12)20-17(24)10-22-18(25)15-9-14(16-7-4-8-26-16)21-23(15)11-19-22/h4,7-9,11-13H,2-3,5-6,10H2,1H3,(H,20,24)/t12-,13-/m1/s1. The minimum atomic E-state index is -0.357. The van der Waals surface area contributed by atoms with Gasteiger partial charge in [0.2, 0.25) is 5.91 Å². The molecule has 0 radical (unpaired) electrons. The Morgan fingerprint density at radius 1 is 1.38 bits per heavy atom. The van der Waals surface area contributed by atoms with E-state index in [1.54, 1.807) is 24.5 Å². The molecule has 1 saturated carbocycles. The van der Waals surface area contributed by atoms with Gasteiger partial charge in [0.1, 0.15) is 24.1 Å². The monoisotopic (exact) mass is 355 g/mol. The summed E-state index contributed by atoms with van der Waals surface area (Å²) in [5.74, 6) is 0.850. The lowest BCUT2D eigenvalue weighted by Gasteiger charge is -2.29. The number of carbonyl (C=O) groups excluding carboxylic acids is 1. The summed E-state index contributed by atoms with van der Waals surface area (Å²) in [6, 6.07) is 5.34. The van der Waals surface area contributed by atoms with E-state index in [0.717, 1.165) is 19.3 Å². The molecule has 0 bridgehead atoms. The second-order valence-electron chi connectivity index (χ2n) is 6.87. The van der Waals surface area contributed by atoms with Gasteiger partial charge in [-0.25, -0.2) is 9.20 Å². The van der Waals surface area contributed by atoms with Crippen LogP contribution in [0.5, 0.6) is 0 Å². The van der Waals surface area contributed by atoms with E-state index < -0.39 is 0 Å². The molecule has 1 fully saturated rings. The zero-order chi connectivity index (χ0) is 18.1. The molecule has 136 valence electrons. The molecule has 0 unspecified atom stereocenters. The summed E-state index contributed by atoms with van der Waals surface area (Å²) in [5.41, 5.74) is 0.544. The molecule has 1 N–H and O–H groups in total. The lowest BCUT2D eigenvalue weighted by Crippen LogP contribution is -2.44. The Hall–Kier alpha value is -2.90. The number of furan rings is 1. The Kier molecular flexibility index (Phi) is 4.32. The Morgan fingerprint density at radius 2 is 2.23 bits per heavy atom. The average molecular weight is 355 g/mol. The summed E-state index contributed by atoms with van der Waals surface area (Å²) in [7, 11) is 0. The van der Waals surface area contributed by atoms with Crippen LogP contribution >= 0.6 is 0 Å². The van der Waals surface area contributed by atoms with E-state index in [9.17, 15) is 9.59 Å². The van der Waals surface area contributed by atoms with Crippen LogP contribution in [0, 0.1) is 5.92 Å². The zero-order valence-corrected chi connectivity index (χ0v) is 14.6. The maximum Gasteiger partial charge on any atom is 0.293 e. The van der Waals surface area contributed by atoms with Gasteiger partial charge in [-0.2, -0.15) is 10.2 Å². The molecular weight excluding hydrogens is 334 g/mol. The first-order valence-corrected chi connectivity index (χ1v) is 8.90. The van der Waals surface area contributed by atoms with Crippen LogP contribution in [-0.2, 0) is 11.3 Å². The maximum atomic E-state index is 12.6. The average Bonchev–Trinajstić information content (AvgIpc) is 3.29. The lowest BCUT2D eigenvalue weighted by atomic mass is 9.86. The summed E-state index contributed by atoms with van der Waals surface area (Å²) in [4.78, 5) is 25.0. The molecule has 2 atom stereocenters. The van der Waals surface area contributed by atoms with Gasteiger partial charge < -0.3 is 9.73 Å². The third-order valence-corrected chi connectivity index (χ3v) is 5.01. The summed E-state index contributed by atoms with van der Waals surface area (Å²) >= 11 is 0. The second-order valence-corrected chi connectivity index (χ2v) is 6.87. The molecule has 8 heteroatoms. The highest BCUT2D eigenvalue weighted by molar-refractivity contribution is 5.76. The minimum absolute atomic E-state index is 0.0974.